The Bertz CT molecular complexity index is 922. The van der Waals surface area contributed by atoms with Crippen LogP contribution in [-0.4, -0.2) is 26.6 Å². The third kappa shape index (κ3) is 4.37. The summed E-state index contributed by atoms with van der Waals surface area (Å²) >= 11 is 6.14. The predicted molar refractivity (Wildman–Crippen MR) is 108 cm³/mol. The molecule has 0 aliphatic carbocycles. The van der Waals surface area contributed by atoms with E-state index in [4.69, 9.17) is 11.6 Å². The first kappa shape index (κ1) is 20.3. The van der Waals surface area contributed by atoms with E-state index in [0.29, 0.717) is 16.4 Å². The van der Waals surface area contributed by atoms with Gasteiger partial charge in [-0.15, -0.1) is 0 Å². The number of aryl methyl sites for hydroxylation is 3. The number of anilines is 2. The van der Waals surface area contributed by atoms with E-state index in [1.807, 2.05) is 39.0 Å². The average Bonchev–Trinajstić information content (AvgIpc) is 2.53. The number of hydrogen-bond acceptors (Lipinski definition) is 3. The summed E-state index contributed by atoms with van der Waals surface area (Å²) in [7, 11) is -3.69. The number of sulfonamides is 1. The third-order valence-corrected chi connectivity index (χ3v) is 5.88. The van der Waals surface area contributed by atoms with Gasteiger partial charge in [-0.25, -0.2) is 8.42 Å². The first-order valence-electron chi connectivity index (χ1n) is 8.15. The Balaban J connectivity index is 2.39. The van der Waals surface area contributed by atoms with Crippen molar-refractivity contribution in [3.8, 4) is 0 Å². The van der Waals surface area contributed by atoms with Crippen LogP contribution in [0.5, 0.6) is 0 Å². The summed E-state index contributed by atoms with van der Waals surface area (Å²) in [6.45, 7) is 7.16. The zero-order valence-electron chi connectivity index (χ0n) is 15.5. The molecular weight excluding hydrogens is 372 g/mol. The normalized spacial score (nSPS) is 12.5. The molecule has 0 aliphatic heterocycles. The Morgan fingerprint density at radius 1 is 1.08 bits per heavy atom. The van der Waals surface area contributed by atoms with Gasteiger partial charge in [0.05, 0.1) is 11.9 Å². The zero-order valence-corrected chi connectivity index (χ0v) is 17.1. The van der Waals surface area contributed by atoms with Crippen LogP contribution in [0.1, 0.15) is 23.6 Å². The van der Waals surface area contributed by atoms with Gasteiger partial charge in [0.1, 0.15) is 6.04 Å². The highest BCUT2D eigenvalue weighted by Crippen LogP contribution is 2.27. The molecule has 0 unspecified atom stereocenters. The molecule has 0 aliphatic rings. The van der Waals surface area contributed by atoms with Crippen LogP contribution >= 0.6 is 11.6 Å². The van der Waals surface area contributed by atoms with Crippen molar-refractivity contribution < 1.29 is 13.2 Å². The van der Waals surface area contributed by atoms with Gasteiger partial charge in [0.15, 0.2) is 0 Å². The highest BCUT2D eigenvalue weighted by Gasteiger charge is 2.29. The third-order valence-electron chi connectivity index (χ3n) is 4.23. The molecule has 1 atom stereocenters. The number of benzene rings is 2. The molecule has 0 bridgehead atoms. The maximum Gasteiger partial charge on any atom is 0.248 e. The molecule has 1 amide bonds. The van der Waals surface area contributed by atoms with Crippen LogP contribution < -0.4 is 9.62 Å². The highest BCUT2D eigenvalue weighted by atomic mass is 35.5. The van der Waals surface area contributed by atoms with Gasteiger partial charge in [-0.3, -0.25) is 9.10 Å². The van der Waals surface area contributed by atoms with Crippen LogP contribution in [-0.2, 0) is 14.8 Å². The molecule has 0 aromatic heterocycles. The molecule has 5 nitrogen and oxygen atoms in total. The lowest BCUT2D eigenvalue weighted by Crippen LogP contribution is -2.45. The standard InChI is InChI=1S/C19H23ClN2O3S/c1-12-9-10-16(11-17(12)20)22(26(5,24)25)15(4)19(23)21-18-13(2)7-6-8-14(18)3/h6-11,15H,1-5H3,(H,21,23)/t15-/m0/s1. The minimum Gasteiger partial charge on any atom is -0.324 e. The van der Waals surface area contributed by atoms with Crippen molar-refractivity contribution in [3.05, 3.63) is 58.1 Å². The second-order valence-electron chi connectivity index (χ2n) is 6.42. The molecule has 0 saturated heterocycles. The van der Waals surface area contributed by atoms with Gasteiger partial charge in [-0.05, 0) is 56.5 Å². The van der Waals surface area contributed by atoms with E-state index in [1.165, 1.54) is 0 Å². The van der Waals surface area contributed by atoms with E-state index >= 15 is 0 Å². The summed E-state index contributed by atoms with van der Waals surface area (Å²) < 4.78 is 25.8. The fourth-order valence-corrected chi connectivity index (χ4v) is 4.11. The van der Waals surface area contributed by atoms with Crippen molar-refractivity contribution in [2.45, 2.75) is 33.7 Å². The van der Waals surface area contributed by atoms with Gasteiger partial charge in [-0.1, -0.05) is 35.9 Å². The SMILES string of the molecule is Cc1ccc(N([C@@H](C)C(=O)Nc2c(C)cccc2C)S(C)(=O)=O)cc1Cl. The molecule has 0 radical (unpaired) electrons. The van der Waals surface area contributed by atoms with Crippen LogP contribution in [0.3, 0.4) is 0 Å². The molecular formula is C19H23ClN2O3S. The fraction of sp³-hybridized carbons (Fsp3) is 0.316. The second kappa shape index (κ2) is 7.68. The van der Waals surface area contributed by atoms with Crippen molar-refractivity contribution in [3.63, 3.8) is 0 Å². The van der Waals surface area contributed by atoms with Crippen LogP contribution in [0.15, 0.2) is 36.4 Å². The van der Waals surface area contributed by atoms with Crippen molar-refractivity contribution in [2.75, 3.05) is 15.9 Å². The van der Waals surface area contributed by atoms with Gasteiger partial charge >= 0.3 is 0 Å². The minimum absolute atomic E-state index is 0.354. The molecule has 2 rings (SSSR count). The van der Waals surface area contributed by atoms with E-state index < -0.39 is 22.0 Å². The van der Waals surface area contributed by atoms with Gasteiger partial charge in [-0.2, -0.15) is 0 Å². The molecule has 1 N–H and O–H groups in total. The van der Waals surface area contributed by atoms with Crippen molar-refractivity contribution in [2.24, 2.45) is 0 Å². The number of rotatable bonds is 5. The Morgan fingerprint density at radius 2 is 1.65 bits per heavy atom. The molecule has 0 saturated carbocycles. The van der Waals surface area contributed by atoms with E-state index in [-0.39, 0.29) is 0 Å². The first-order chi connectivity index (χ1) is 12.0. The van der Waals surface area contributed by atoms with Crippen LogP contribution in [0, 0.1) is 20.8 Å². The number of hydrogen-bond donors (Lipinski definition) is 1. The number of carbonyl (C=O) groups is 1. The Kier molecular flexibility index (Phi) is 5.98. The number of carbonyl (C=O) groups excluding carboxylic acids is 1. The van der Waals surface area contributed by atoms with E-state index in [2.05, 4.69) is 5.32 Å². The number of amides is 1. The summed E-state index contributed by atoms with van der Waals surface area (Å²) in [4.78, 5) is 12.8. The van der Waals surface area contributed by atoms with Gasteiger partial charge in [0, 0.05) is 10.7 Å². The summed E-state index contributed by atoms with van der Waals surface area (Å²) in [5.41, 5.74) is 3.70. The van der Waals surface area contributed by atoms with Crippen LogP contribution in [0.25, 0.3) is 0 Å². The van der Waals surface area contributed by atoms with Gasteiger partial charge in [0.2, 0.25) is 15.9 Å². The Morgan fingerprint density at radius 3 is 2.15 bits per heavy atom. The fourth-order valence-electron chi connectivity index (χ4n) is 2.77. The summed E-state index contributed by atoms with van der Waals surface area (Å²) in [6, 6.07) is 9.67. The largest absolute Gasteiger partial charge is 0.324 e. The van der Waals surface area contributed by atoms with Crippen molar-refractivity contribution in [1.82, 2.24) is 0 Å². The lowest BCUT2D eigenvalue weighted by molar-refractivity contribution is -0.116. The predicted octanol–water partition coefficient (Wildman–Crippen LogP) is 4.06. The molecule has 140 valence electrons. The van der Waals surface area contributed by atoms with Crippen LogP contribution in [0.4, 0.5) is 11.4 Å². The molecule has 26 heavy (non-hydrogen) atoms. The van der Waals surface area contributed by atoms with E-state index in [9.17, 15) is 13.2 Å². The number of para-hydroxylation sites is 1. The maximum atomic E-state index is 12.8. The topological polar surface area (TPSA) is 66.5 Å². The number of nitrogens with one attached hydrogen (secondary N) is 1. The quantitative estimate of drug-likeness (QED) is 0.831. The first-order valence-corrected chi connectivity index (χ1v) is 10.4. The lowest BCUT2D eigenvalue weighted by Gasteiger charge is -2.29. The molecule has 0 spiro atoms. The van der Waals surface area contributed by atoms with E-state index in [0.717, 1.165) is 27.3 Å². The Hall–Kier alpha value is -2.05. The zero-order chi connectivity index (χ0) is 19.6. The maximum absolute atomic E-state index is 12.8. The smallest absolute Gasteiger partial charge is 0.248 e. The molecule has 2 aromatic rings. The van der Waals surface area contributed by atoms with Crippen molar-refractivity contribution in [1.29, 1.82) is 0 Å². The van der Waals surface area contributed by atoms with Crippen LogP contribution in [0.2, 0.25) is 5.02 Å². The lowest BCUT2D eigenvalue weighted by atomic mass is 10.1. The molecule has 2 aromatic carbocycles. The summed E-state index contributed by atoms with van der Waals surface area (Å²) in [6.07, 6.45) is 1.07. The number of nitrogens with zero attached hydrogens (tertiary/aromatic N) is 1. The molecule has 0 fully saturated rings. The highest BCUT2D eigenvalue weighted by molar-refractivity contribution is 7.92. The number of halogens is 1. The monoisotopic (exact) mass is 394 g/mol. The van der Waals surface area contributed by atoms with Gasteiger partial charge < -0.3 is 5.32 Å². The van der Waals surface area contributed by atoms with Gasteiger partial charge in [0.25, 0.3) is 0 Å². The minimum atomic E-state index is -3.69. The Labute approximate surface area is 160 Å². The van der Waals surface area contributed by atoms with E-state index in [1.54, 1.807) is 25.1 Å². The summed E-state index contributed by atoms with van der Waals surface area (Å²) in [5, 5.41) is 3.29. The molecule has 7 heteroatoms. The second-order valence-corrected chi connectivity index (χ2v) is 8.69. The average molecular weight is 395 g/mol. The molecule has 0 heterocycles. The summed E-state index contributed by atoms with van der Waals surface area (Å²) in [5.74, 6) is -0.412. The van der Waals surface area contributed by atoms with Crippen molar-refractivity contribution >= 4 is 38.9 Å².